The summed E-state index contributed by atoms with van der Waals surface area (Å²) in [6, 6.07) is 1.94. The molecule has 1 fully saturated rings. The van der Waals surface area contributed by atoms with Crippen molar-refractivity contribution in [3.05, 3.63) is 16.5 Å². The second kappa shape index (κ2) is 5.78. The van der Waals surface area contributed by atoms with Crippen LogP contribution in [0.4, 0.5) is 5.82 Å². The molecule has 0 aliphatic heterocycles. The molecule has 2 rings (SSSR count). The van der Waals surface area contributed by atoms with Crippen molar-refractivity contribution >= 4 is 21.7 Å². The summed E-state index contributed by atoms with van der Waals surface area (Å²) in [5, 5.41) is 3.35. The smallest absolute Gasteiger partial charge is 0.135 e. The summed E-state index contributed by atoms with van der Waals surface area (Å²) in [6.07, 6.45) is 2.46. The Bertz CT molecular complexity index is 379. The summed E-state index contributed by atoms with van der Waals surface area (Å²) in [7, 11) is 2.12. The van der Waals surface area contributed by atoms with Gasteiger partial charge in [0.1, 0.15) is 16.2 Å². The highest BCUT2D eigenvalue weighted by Gasteiger charge is 2.27. The lowest BCUT2D eigenvalue weighted by molar-refractivity contribution is 0.367. The van der Waals surface area contributed by atoms with Crippen LogP contribution in [0.25, 0.3) is 0 Å². The van der Waals surface area contributed by atoms with Crippen LogP contribution in [-0.4, -0.2) is 41.5 Å². The summed E-state index contributed by atoms with van der Waals surface area (Å²) in [4.78, 5) is 11.2. The van der Waals surface area contributed by atoms with Crippen molar-refractivity contribution in [1.29, 1.82) is 0 Å². The van der Waals surface area contributed by atoms with Crippen molar-refractivity contribution in [2.45, 2.75) is 25.7 Å². The van der Waals surface area contributed by atoms with Crippen LogP contribution in [0.5, 0.6) is 0 Å². The summed E-state index contributed by atoms with van der Waals surface area (Å²) >= 11 is 3.44. The lowest BCUT2D eigenvalue weighted by Gasteiger charge is -2.14. The quantitative estimate of drug-likeness (QED) is 0.819. The average Bonchev–Trinajstić information content (AvgIpc) is 3.12. The third-order valence-electron chi connectivity index (χ3n) is 2.99. The van der Waals surface area contributed by atoms with Crippen LogP contribution < -0.4 is 5.32 Å². The Morgan fingerprint density at radius 1 is 1.47 bits per heavy atom. The average molecular weight is 299 g/mol. The van der Waals surface area contributed by atoms with Crippen LogP contribution in [0.3, 0.4) is 0 Å². The van der Waals surface area contributed by atoms with E-state index >= 15 is 0 Å². The number of halogens is 1. The van der Waals surface area contributed by atoms with Crippen LogP contribution in [0.2, 0.25) is 0 Å². The van der Waals surface area contributed by atoms with E-state index in [0.717, 1.165) is 35.9 Å². The second-order valence-corrected chi connectivity index (χ2v) is 5.34. The Morgan fingerprint density at radius 3 is 2.88 bits per heavy atom. The van der Waals surface area contributed by atoms with E-state index in [4.69, 9.17) is 0 Å². The maximum absolute atomic E-state index is 4.55. The van der Waals surface area contributed by atoms with E-state index in [9.17, 15) is 0 Å². The van der Waals surface area contributed by atoms with E-state index in [0.29, 0.717) is 5.92 Å². The minimum atomic E-state index is 0.589. The number of hydrogen-bond acceptors (Lipinski definition) is 4. The molecule has 1 aliphatic carbocycles. The van der Waals surface area contributed by atoms with Gasteiger partial charge in [-0.3, -0.25) is 0 Å². The van der Waals surface area contributed by atoms with E-state index < -0.39 is 0 Å². The first-order chi connectivity index (χ1) is 8.19. The fraction of sp³-hybridized carbons (Fsp3) is 0.667. The molecular formula is C12H19BrN4. The van der Waals surface area contributed by atoms with Gasteiger partial charge in [0.25, 0.3) is 0 Å². The molecule has 1 N–H and O–H groups in total. The molecule has 0 radical (unpaired) electrons. The van der Waals surface area contributed by atoms with E-state index in [1.54, 1.807) is 0 Å². The Balaban J connectivity index is 1.91. The Hall–Kier alpha value is -0.680. The number of likely N-dealkylation sites (N-methyl/N-ethyl adjacent to an activating group) is 1. The number of aromatic nitrogens is 2. The molecule has 0 unspecified atom stereocenters. The molecule has 5 heteroatoms. The van der Waals surface area contributed by atoms with Gasteiger partial charge in [0.15, 0.2) is 0 Å². The highest BCUT2D eigenvalue weighted by atomic mass is 79.9. The number of anilines is 1. The van der Waals surface area contributed by atoms with Gasteiger partial charge in [-0.25, -0.2) is 9.97 Å². The molecule has 94 valence electrons. The monoisotopic (exact) mass is 298 g/mol. The molecule has 1 heterocycles. The standard InChI is InChI=1S/C12H19BrN4/c1-3-17(2)7-6-14-11-8-10(13)15-12(16-11)9-4-5-9/h8-9H,3-7H2,1-2H3,(H,14,15,16). The van der Waals surface area contributed by atoms with Crippen molar-refractivity contribution in [2.24, 2.45) is 0 Å². The SMILES string of the molecule is CCN(C)CCNc1cc(Br)nc(C2CC2)n1. The van der Waals surface area contributed by atoms with Crippen LogP contribution >= 0.6 is 15.9 Å². The molecule has 17 heavy (non-hydrogen) atoms. The number of hydrogen-bond donors (Lipinski definition) is 1. The van der Waals surface area contributed by atoms with Gasteiger partial charge >= 0.3 is 0 Å². The van der Waals surface area contributed by atoms with Crippen molar-refractivity contribution < 1.29 is 0 Å². The van der Waals surface area contributed by atoms with E-state index in [1.165, 1.54) is 12.8 Å². The molecule has 1 aliphatic rings. The van der Waals surface area contributed by atoms with Gasteiger partial charge in [0.05, 0.1) is 0 Å². The van der Waals surface area contributed by atoms with Crippen molar-refractivity contribution in [3.63, 3.8) is 0 Å². The van der Waals surface area contributed by atoms with Gasteiger partial charge in [0.2, 0.25) is 0 Å². The molecule has 0 amide bonds. The molecule has 0 bridgehead atoms. The molecule has 0 aromatic carbocycles. The van der Waals surface area contributed by atoms with E-state index in [1.807, 2.05) is 6.07 Å². The molecule has 1 aromatic rings. The van der Waals surface area contributed by atoms with Gasteiger partial charge < -0.3 is 10.2 Å². The molecule has 1 saturated carbocycles. The summed E-state index contributed by atoms with van der Waals surface area (Å²) in [5.74, 6) is 2.50. The first-order valence-electron chi connectivity index (χ1n) is 6.16. The number of nitrogens with one attached hydrogen (secondary N) is 1. The van der Waals surface area contributed by atoms with Crippen LogP contribution in [-0.2, 0) is 0 Å². The van der Waals surface area contributed by atoms with Crippen molar-refractivity contribution in [2.75, 3.05) is 32.0 Å². The van der Waals surface area contributed by atoms with E-state index in [2.05, 4.69) is 50.1 Å². The Labute approximate surface area is 111 Å². The molecular weight excluding hydrogens is 280 g/mol. The Kier molecular flexibility index (Phi) is 4.34. The highest BCUT2D eigenvalue weighted by molar-refractivity contribution is 9.10. The van der Waals surface area contributed by atoms with Gasteiger partial charge in [0, 0.05) is 25.1 Å². The maximum atomic E-state index is 4.55. The molecule has 0 saturated heterocycles. The van der Waals surface area contributed by atoms with Gasteiger partial charge in [-0.2, -0.15) is 0 Å². The molecule has 4 nitrogen and oxygen atoms in total. The fourth-order valence-electron chi connectivity index (χ4n) is 1.58. The summed E-state index contributed by atoms with van der Waals surface area (Å²) in [6.45, 7) is 5.17. The largest absolute Gasteiger partial charge is 0.369 e. The van der Waals surface area contributed by atoms with Crippen LogP contribution in [0.15, 0.2) is 10.7 Å². The zero-order valence-electron chi connectivity index (χ0n) is 10.4. The zero-order valence-corrected chi connectivity index (χ0v) is 12.0. The molecule has 0 spiro atoms. The zero-order chi connectivity index (χ0) is 12.3. The third-order valence-corrected chi connectivity index (χ3v) is 3.40. The minimum Gasteiger partial charge on any atom is -0.369 e. The lowest BCUT2D eigenvalue weighted by atomic mass is 10.4. The second-order valence-electron chi connectivity index (χ2n) is 4.53. The van der Waals surface area contributed by atoms with Gasteiger partial charge in [-0.15, -0.1) is 0 Å². The first-order valence-corrected chi connectivity index (χ1v) is 6.95. The predicted molar refractivity (Wildman–Crippen MR) is 73.4 cm³/mol. The molecule has 0 atom stereocenters. The minimum absolute atomic E-state index is 0.589. The fourth-order valence-corrected chi connectivity index (χ4v) is 1.98. The van der Waals surface area contributed by atoms with Crippen molar-refractivity contribution in [1.82, 2.24) is 14.9 Å². The van der Waals surface area contributed by atoms with Gasteiger partial charge in [-0.1, -0.05) is 6.92 Å². The topological polar surface area (TPSA) is 41.0 Å². The number of rotatable bonds is 6. The summed E-state index contributed by atoms with van der Waals surface area (Å²) < 4.78 is 0.876. The summed E-state index contributed by atoms with van der Waals surface area (Å²) in [5.41, 5.74) is 0. The normalized spacial score (nSPS) is 15.3. The van der Waals surface area contributed by atoms with Gasteiger partial charge in [-0.05, 0) is 42.4 Å². The van der Waals surface area contributed by atoms with Crippen molar-refractivity contribution in [3.8, 4) is 0 Å². The van der Waals surface area contributed by atoms with Crippen LogP contribution in [0.1, 0.15) is 31.5 Å². The molecule has 1 aromatic heterocycles. The number of nitrogens with zero attached hydrogens (tertiary/aromatic N) is 3. The predicted octanol–water partition coefficient (Wildman–Crippen LogP) is 2.48. The lowest BCUT2D eigenvalue weighted by Crippen LogP contribution is -2.25. The maximum Gasteiger partial charge on any atom is 0.135 e. The van der Waals surface area contributed by atoms with E-state index in [-0.39, 0.29) is 0 Å². The first kappa shape index (κ1) is 12.8. The third kappa shape index (κ3) is 3.92. The highest BCUT2D eigenvalue weighted by Crippen LogP contribution is 2.38. The Morgan fingerprint density at radius 2 is 2.24 bits per heavy atom. The van der Waals surface area contributed by atoms with Crippen LogP contribution in [0, 0.1) is 0 Å².